The molecule has 1 aromatic heterocycles. The summed E-state index contributed by atoms with van der Waals surface area (Å²) in [6.45, 7) is 0.907. The van der Waals surface area contributed by atoms with E-state index in [1.807, 2.05) is 41.2 Å². The lowest BCUT2D eigenvalue weighted by molar-refractivity contribution is -0.384. The van der Waals surface area contributed by atoms with Crippen LogP contribution < -0.4 is 10.2 Å². The Hall–Kier alpha value is -3.68. The fourth-order valence-electron chi connectivity index (χ4n) is 2.93. The second kappa shape index (κ2) is 8.34. The van der Waals surface area contributed by atoms with E-state index >= 15 is 0 Å². The number of carbonyl (C=O) groups excluding carboxylic acids is 1. The SMILES string of the molecule is CN(C)c1ccc([N+](=O)[O-])cc1C(=O)NCc1ccccc1Cn1cccn1. The predicted octanol–water partition coefficient (Wildman–Crippen LogP) is 2.84. The highest BCUT2D eigenvalue weighted by Crippen LogP contribution is 2.24. The van der Waals surface area contributed by atoms with Crippen molar-refractivity contribution >= 4 is 17.3 Å². The number of rotatable bonds is 7. The number of nitro groups is 1. The molecule has 3 aromatic rings. The van der Waals surface area contributed by atoms with E-state index in [9.17, 15) is 14.9 Å². The number of anilines is 1. The fraction of sp³-hybridized carbons (Fsp3) is 0.200. The summed E-state index contributed by atoms with van der Waals surface area (Å²) in [5, 5.41) is 18.2. The van der Waals surface area contributed by atoms with Crippen molar-refractivity contribution in [3.8, 4) is 0 Å². The third-order valence-electron chi connectivity index (χ3n) is 4.37. The molecule has 144 valence electrons. The predicted molar refractivity (Wildman–Crippen MR) is 106 cm³/mol. The van der Waals surface area contributed by atoms with Crippen molar-refractivity contribution < 1.29 is 9.72 Å². The van der Waals surface area contributed by atoms with E-state index in [-0.39, 0.29) is 17.2 Å². The van der Waals surface area contributed by atoms with Crippen LogP contribution in [0.4, 0.5) is 11.4 Å². The first-order valence-electron chi connectivity index (χ1n) is 8.74. The van der Waals surface area contributed by atoms with Gasteiger partial charge in [-0.2, -0.15) is 5.10 Å². The lowest BCUT2D eigenvalue weighted by Crippen LogP contribution is -2.26. The molecule has 0 aliphatic heterocycles. The largest absolute Gasteiger partial charge is 0.377 e. The summed E-state index contributed by atoms with van der Waals surface area (Å²) in [5.41, 5.74) is 2.77. The molecular weight excluding hydrogens is 358 g/mol. The fourth-order valence-corrected chi connectivity index (χ4v) is 2.93. The molecule has 0 saturated carbocycles. The number of non-ortho nitro benzene ring substituents is 1. The van der Waals surface area contributed by atoms with Gasteiger partial charge in [-0.05, 0) is 23.3 Å². The zero-order valence-corrected chi connectivity index (χ0v) is 15.7. The molecule has 1 heterocycles. The summed E-state index contributed by atoms with van der Waals surface area (Å²) in [6.07, 6.45) is 3.59. The highest BCUT2D eigenvalue weighted by atomic mass is 16.6. The maximum absolute atomic E-state index is 12.8. The van der Waals surface area contributed by atoms with E-state index in [2.05, 4.69) is 10.4 Å². The summed E-state index contributed by atoms with van der Waals surface area (Å²) >= 11 is 0. The minimum absolute atomic E-state index is 0.116. The van der Waals surface area contributed by atoms with Crippen LogP contribution in [0, 0.1) is 10.1 Å². The van der Waals surface area contributed by atoms with Crippen LogP contribution in [0.3, 0.4) is 0 Å². The lowest BCUT2D eigenvalue weighted by Gasteiger charge is -2.17. The topological polar surface area (TPSA) is 93.3 Å². The van der Waals surface area contributed by atoms with Crippen LogP contribution in [-0.4, -0.2) is 34.7 Å². The molecule has 0 aliphatic rings. The second-order valence-electron chi connectivity index (χ2n) is 6.51. The molecule has 0 spiro atoms. The Morgan fingerprint density at radius 2 is 1.93 bits per heavy atom. The minimum Gasteiger partial charge on any atom is -0.377 e. The van der Waals surface area contributed by atoms with Crippen molar-refractivity contribution in [3.63, 3.8) is 0 Å². The van der Waals surface area contributed by atoms with E-state index in [1.54, 1.807) is 31.3 Å². The molecule has 8 heteroatoms. The Bertz CT molecular complexity index is 983. The first-order valence-corrected chi connectivity index (χ1v) is 8.74. The smallest absolute Gasteiger partial charge is 0.270 e. The van der Waals surface area contributed by atoms with E-state index < -0.39 is 4.92 Å². The molecule has 0 unspecified atom stereocenters. The monoisotopic (exact) mass is 379 g/mol. The number of hydrogen-bond acceptors (Lipinski definition) is 5. The van der Waals surface area contributed by atoms with Gasteiger partial charge >= 0.3 is 0 Å². The maximum atomic E-state index is 12.8. The summed E-state index contributed by atoms with van der Waals surface area (Å²) in [5.74, 6) is -0.360. The molecule has 2 aromatic carbocycles. The third-order valence-corrected chi connectivity index (χ3v) is 4.37. The third kappa shape index (κ3) is 4.35. The molecular formula is C20H21N5O3. The van der Waals surface area contributed by atoms with Gasteiger partial charge in [-0.3, -0.25) is 19.6 Å². The van der Waals surface area contributed by atoms with Crippen LogP contribution in [0.15, 0.2) is 60.9 Å². The normalized spacial score (nSPS) is 10.5. The Morgan fingerprint density at radius 1 is 1.18 bits per heavy atom. The van der Waals surface area contributed by atoms with Crippen molar-refractivity contribution in [2.75, 3.05) is 19.0 Å². The standard InChI is InChI=1S/C20H21N5O3/c1-23(2)19-9-8-17(25(27)28)12-18(19)20(26)21-13-15-6-3-4-7-16(15)14-24-11-5-10-22-24/h3-12H,13-14H2,1-2H3,(H,21,26). The van der Waals surface area contributed by atoms with E-state index in [0.29, 0.717) is 18.8 Å². The summed E-state index contributed by atoms with van der Waals surface area (Å²) < 4.78 is 1.81. The summed E-state index contributed by atoms with van der Waals surface area (Å²) in [4.78, 5) is 25.1. The van der Waals surface area contributed by atoms with Gasteiger partial charge in [-0.1, -0.05) is 24.3 Å². The lowest BCUT2D eigenvalue weighted by atomic mass is 10.1. The number of aromatic nitrogens is 2. The molecule has 0 fully saturated rings. The highest BCUT2D eigenvalue weighted by Gasteiger charge is 2.18. The molecule has 0 radical (unpaired) electrons. The van der Waals surface area contributed by atoms with Gasteiger partial charge in [-0.25, -0.2) is 0 Å². The van der Waals surface area contributed by atoms with E-state index in [1.165, 1.54) is 12.1 Å². The van der Waals surface area contributed by atoms with Gasteiger partial charge in [-0.15, -0.1) is 0 Å². The number of carbonyl (C=O) groups is 1. The van der Waals surface area contributed by atoms with Crippen molar-refractivity contribution in [1.29, 1.82) is 0 Å². The molecule has 0 bridgehead atoms. The molecule has 3 rings (SSSR count). The van der Waals surface area contributed by atoms with Crippen molar-refractivity contribution in [2.24, 2.45) is 0 Å². The van der Waals surface area contributed by atoms with Crippen LogP contribution >= 0.6 is 0 Å². The van der Waals surface area contributed by atoms with Gasteiger partial charge in [0.05, 0.1) is 17.0 Å². The molecule has 0 atom stereocenters. The van der Waals surface area contributed by atoms with Crippen LogP contribution in [0.25, 0.3) is 0 Å². The Labute approximate surface area is 162 Å². The summed E-state index contributed by atoms with van der Waals surface area (Å²) in [7, 11) is 3.58. The van der Waals surface area contributed by atoms with Crippen molar-refractivity contribution in [3.05, 3.63) is 87.7 Å². The van der Waals surface area contributed by atoms with Gasteiger partial charge in [0.1, 0.15) is 0 Å². The zero-order chi connectivity index (χ0) is 20.1. The van der Waals surface area contributed by atoms with Crippen LogP contribution in [0.5, 0.6) is 0 Å². The average Bonchev–Trinajstić information content (AvgIpc) is 3.19. The zero-order valence-electron chi connectivity index (χ0n) is 15.7. The van der Waals surface area contributed by atoms with Gasteiger partial charge in [0, 0.05) is 50.9 Å². The molecule has 28 heavy (non-hydrogen) atoms. The minimum atomic E-state index is -0.504. The quantitative estimate of drug-likeness (QED) is 0.503. The molecule has 1 amide bonds. The van der Waals surface area contributed by atoms with E-state index in [0.717, 1.165) is 11.1 Å². The molecule has 0 aliphatic carbocycles. The number of nitro benzene ring substituents is 1. The molecule has 1 N–H and O–H groups in total. The van der Waals surface area contributed by atoms with Crippen molar-refractivity contribution in [2.45, 2.75) is 13.1 Å². The van der Waals surface area contributed by atoms with Crippen molar-refractivity contribution in [1.82, 2.24) is 15.1 Å². The van der Waals surface area contributed by atoms with Gasteiger partial charge in [0.25, 0.3) is 11.6 Å². The average molecular weight is 379 g/mol. The van der Waals surface area contributed by atoms with Crippen LogP contribution in [0.1, 0.15) is 21.5 Å². The van der Waals surface area contributed by atoms with Crippen LogP contribution in [-0.2, 0) is 13.1 Å². The number of amides is 1. The molecule has 0 saturated heterocycles. The van der Waals surface area contributed by atoms with Gasteiger partial charge in [0.15, 0.2) is 0 Å². The Kier molecular flexibility index (Phi) is 5.69. The number of nitrogens with zero attached hydrogens (tertiary/aromatic N) is 4. The Balaban J connectivity index is 1.79. The summed E-state index contributed by atoms with van der Waals surface area (Å²) in [6, 6.07) is 13.9. The number of hydrogen-bond donors (Lipinski definition) is 1. The highest BCUT2D eigenvalue weighted by molar-refractivity contribution is 6.00. The number of benzene rings is 2. The molecule has 8 nitrogen and oxygen atoms in total. The first-order chi connectivity index (χ1) is 13.5. The first kappa shape index (κ1) is 19.1. The van der Waals surface area contributed by atoms with Gasteiger partial charge in [0.2, 0.25) is 0 Å². The van der Waals surface area contributed by atoms with Gasteiger partial charge < -0.3 is 10.2 Å². The Morgan fingerprint density at radius 3 is 2.57 bits per heavy atom. The number of nitrogens with one attached hydrogen (secondary N) is 1. The maximum Gasteiger partial charge on any atom is 0.270 e. The van der Waals surface area contributed by atoms with E-state index in [4.69, 9.17) is 0 Å². The second-order valence-corrected chi connectivity index (χ2v) is 6.51. The van der Waals surface area contributed by atoms with Crippen LogP contribution in [0.2, 0.25) is 0 Å².